The summed E-state index contributed by atoms with van der Waals surface area (Å²) in [5.41, 5.74) is 0.765. The Bertz CT molecular complexity index is 1060. The van der Waals surface area contributed by atoms with Crippen LogP contribution >= 0.6 is 11.8 Å². The fraction of sp³-hybridized carbons (Fsp3) is 0.360. The number of fused-ring (bicyclic) bond motifs is 1. The molecule has 0 radical (unpaired) electrons. The second-order valence-corrected chi connectivity index (χ2v) is 10.1. The molecule has 2 aromatic carbocycles. The van der Waals surface area contributed by atoms with Crippen LogP contribution in [0.4, 0.5) is 0 Å². The van der Waals surface area contributed by atoms with Gasteiger partial charge in [0.05, 0.1) is 17.2 Å². The molecule has 3 amide bonds. The quantitative estimate of drug-likeness (QED) is 0.508. The second kappa shape index (κ2) is 9.02. The van der Waals surface area contributed by atoms with E-state index in [-0.39, 0.29) is 12.3 Å². The molecule has 1 fully saturated rings. The summed E-state index contributed by atoms with van der Waals surface area (Å²) in [6, 6.07) is 14.6. The lowest BCUT2D eigenvalue weighted by molar-refractivity contribution is -0.160. The smallest absolute Gasteiger partial charge is 0.326 e. The van der Waals surface area contributed by atoms with E-state index in [0.717, 1.165) is 10.5 Å². The Hall–Kier alpha value is -3.13. The Morgan fingerprint density at radius 1 is 0.909 bits per heavy atom. The lowest BCUT2D eigenvalue weighted by atomic mass is 10.1. The molecule has 2 aliphatic rings. The summed E-state index contributed by atoms with van der Waals surface area (Å²) in [7, 11) is 0. The van der Waals surface area contributed by atoms with Crippen LogP contribution in [0.1, 0.15) is 53.1 Å². The molecule has 0 unspecified atom stereocenters. The van der Waals surface area contributed by atoms with Gasteiger partial charge in [-0.1, -0.05) is 42.5 Å². The molecule has 2 aliphatic heterocycles. The number of thioether (sulfide) groups is 1. The number of ether oxygens (including phenoxy) is 1. The van der Waals surface area contributed by atoms with Crippen molar-refractivity contribution in [1.82, 2.24) is 9.80 Å². The SMILES string of the molecule is CC(C)(C)OC(=O)CN1C(=O)[C@@H](N2C(=O)c3ccccc3C2=O)CSC[C@H]1c1ccccc1. The Balaban J connectivity index is 1.68. The van der Waals surface area contributed by atoms with Crippen LogP contribution in [-0.4, -0.2) is 63.2 Å². The molecular weight excluding hydrogens is 440 g/mol. The van der Waals surface area contributed by atoms with Gasteiger partial charge in [0.2, 0.25) is 5.91 Å². The summed E-state index contributed by atoms with van der Waals surface area (Å²) >= 11 is 1.48. The van der Waals surface area contributed by atoms with E-state index in [0.29, 0.717) is 16.9 Å². The third kappa shape index (κ3) is 4.66. The number of hydrogen-bond acceptors (Lipinski definition) is 6. The maximum Gasteiger partial charge on any atom is 0.326 e. The Kier molecular flexibility index (Phi) is 6.30. The molecule has 0 bridgehead atoms. The summed E-state index contributed by atoms with van der Waals surface area (Å²) in [6.45, 7) is 5.03. The van der Waals surface area contributed by atoms with Crippen LogP contribution in [0, 0.1) is 0 Å². The van der Waals surface area contributed by atoms with Crippen LogP contribution in [0.25, 0.3) is 0 Å². The zero-order valence-corrected chi connectivity index (χ0v) is 19.6. The minimum Gasteiger partial charge on any atom is -0.459 e. The minimum absolute atomic E-state index is 0.262. The number of esters is 1. The van der Waals surface area contributed by atoms with E-state index < -0.39 is 41.4 Å². The topological polar surface area (TPSA) is 84.0 Å². The van der Waals surface area contributed by atoms with Gasteiger partial charge in [-0.05, 0) is 38.5 Å². The summed E-state index contributed by atoms with van der Waals surface area (Å²) < 4.78 is 5.48. The maximum absolute atomic E-state index is 13.8. The predicted octanol–water partition coefficient (Wildman–Crippen LogP) is 3.31. The summed E-state index contributed by atoms with van der Waals surface area (Å²) in [4.78, 5) is 55.2. The normalized spacial score (nSPS) is 21.1. The van der Waals surface area contributed by atoms with Crippen molar-refractivity contribution < 1.29 is 23.9 Å². The Labute approximate surface area is 197 Å². The summed E-state index contributed by atoms with van der Waals surface area (Å²) in [6.07, 6.45) is 0. The van der Waals surface area contributed by atoms with E-state index in [2.05, 4.69) is 0 Å². The number of benzene rings is 2. The first kappa shape index (κ1) is 23.0. The highest BCUT2D eigenvalue weighted by Gasteiger charge is 2.46. The van der Waals surface area contributed by atoms with Crippen LogP contribution in [0.2, 0.25) is 0 Å². The van der Waals surface area contributed by atoms with Crippen LogP contribution in [-0.2, 0) is 14.3 Å². The van der Waals surface area contributed by atoms with Gasteiger partial charge < -0.3 is 9.64 Å². The maximum atomic E-state index is 13.8. The molecule has 0 spiro atoms. The third-order valence-electron chi connectivity index (χ3n) is 5.54. The van der Waals surface area contributed by atoms with Gasteiger partial charge in [0.25, 0.3) is 11.8 Å². The molecule has 4 rings (SSSR count). The van der Waals surface area contributed by atoms with E-state index >= 15 is 0 Å². The number of carbonyl (C=O) groups excluding carboxylic acids is 4. The van der Waals surface area contributed by atoms with E-state index in [1.807, 2.05) is 30.3 Å². The van der Waals surface area contributed by atoms with Crippen molar-refractivity contribution in [2.75, 3.05) is 18.1 Å². The standard InChI is InChI=1S/C25H26N2O5S/c1-25(2,3)32-21(28)13-26-19(16-9-5-4-6-10-16)14-33-15-20(24(26)31)27-22(29)17-11-7-8-12-18(17)23(27)30/h4-12,19-20H,13-15H2,1-3H3/t19-,20-/m0/s1. The summed E-state index contributed by atoms with van der Waals surface area (Å²) in [5, 5.41) is 0. The molecule has 1 saturated heterocycles. The zero-order valence-electron chi connectivity index (χ0n) is 18.8. The monoisotopic (exact) mass is 466 g/mol. The van der Waals surface area contributed by atoms with Gasteiger partial charge in [0.1, 0.15) is 18.2 Å². The molecule has 0 N–H and O–H groups in total. The Morgan fingerprint density at radius 3 is 2.03 bits per heavy atom. The summed E-state index contributed by atoms with van der Waals surface area (Å²) in [5.74, 6) is -1.15. The first-order valence-electron chi connectivity index (χ1n) is 10.8. The molecule has 0 aliphatic carbocycles. The lowest BCUT2D eigenvalue weighted by Crippen LogP contribution is -2.53. The van der Waals surface area contributed by atoms with E-state index in [9.17, 15) is 19.2 Å². The van der Waals surface area contributed by atoms with Crippen molar-refractivity contribution >= 4 is 35.5 Å². The van der Waals surface area contributed by atoms with Gasteiger partial charge in [-0.15, -0.1) is 0 Å². The first-order valence-corrected chi connectivity index (χ1v) is 11.9. The fourth-order valence-electron chi connectivity index (χ4n) is 4.13. The van der Waals surface area contributed by atoms with Crippen LogP contribution in [0.5, 0.6) is 0 Å². The minimum atomic E-state index is -1.00. The van der Waals surface area contributed by atoms with Crippen molar-refractivity contribution in [1.29, 1.82) is 0 Å². The molecule has 2 atom stereocenters. The number of rotatable bonds is 4. The number of hydrogen-bond donors (Lipinski definition) is 0. The van der Waals surface area contributed by atoms with Crippen molar-refractivity contribution in [3.63, 3.8) is 0 Å². The average Bonchev–Trinajstić information content (AvgIpc) is 2.91. The first-order chi connectivity index (χ1) is 15.7. The largest absolute Gasteiger partial charge is 0.459 e. The van der Waals surface area contributed by atoms with E-state index in [1.165, 1.54) is 16.7 Å². The number of imide groups is 1. The molecule has 2 aromatic rings. The van der Waals surface area contributed by atoms with Crippen molar-refractivity contribution in [3.05, 3.63) is 71.3 Å². The number of amides is 3. The van der Waals surface area contributed by atoms with E-state index in [1.54, 1.807) is 45.0 Å². The molecule has 33 heavy (non-hydrogen) atoms. The van der Waals surface area contributed by atoms with Gasteiger partial charge in [-0.25, -0.2) is 0 Å². The van der Waals surface area contributed by atoms with Crippen LogP contribution < -0.4 is 0 Å². The number of carbonyl (C=O) groups is 4. The van der Waals surface area contributed by atoms with Gasteiger partial charge in [-0.2, -0.15) is 11.8 Å². The number of nitrogens with zero attached hydrogens (tertiary/aromatic N) is 2. The van der Waals surface area contributed by atoms with E-state index in [4.69, 9.17) is 4.74 Å². The zero-order chi connectivity index (χ0) is 23.8. The molecule has 8 heteroatoms. The third-order valence-corrected chi connectivity index (χ3v) is 6.64. The molecule has 2 heterocycles. The van der Waals surface area contributed by atoms with Crippen LogP contribution in [0.3, 0.4) is 0 Å². The van der Waals surface area contributed by atoms with Crippen molar-refractivity contribution in [2.45, 2.75) is 38.5 Å². The van der Waals surface area contributed by atoms with Gasteiger partial charge >= 0.3 is 5.97 Å². The van der Waals surface area contributed by atoms with Gasteiger partial charge in [0.15, 0.2) is 0 Å². The average molecular weight is 467 g/mol. The highest BCUT2D eigenvalue weighted by Crippen LogP contribution is 2.34. The highest BCUT2D eigenvalue weighted by molar-refractivity contribution is 7.99. The molecule has 7 nitrogen and oxygen atoms in total. The van der Waals surface area contributed by atoms with Crippen LogP contribution in [0.15, 0.2) is 54.6 Å². The van der Waals surface area contributed by atoms with Gasteiger partial charge in [0, 0.05) is 11.5 Å². The molecule has 0 aromatic heterocycles. The fourth-order valence-corrected chi connectivity index (χ4v) is 5.37. The molecular formula is C25H26N2O5S. The lowest BCUT2D eigenvalue weighted by Gasteiger charge is -2.33. The van der Waals surface area contributed by atoms with Crippen molar-refractivity contribution in [2.24, 2.45) is 0 Å². The van der Waals surface area contributed by atoms with Crippen molar-refractivity contribution in [3.8, 4) is 0 Å². The predicted molar refractivity (Wildman–Crippen MR) is 125 cm³/mol. The van der Waals surface area contributed by atoms with Gasteiger partial charge in [-0.3, -0.25) is 24.1 Å². The molecule has 0 saturated carbocycles. The molecule has 172 valence electrons. The highest BCUT2D eigenvalue weighted by atomic mass is 32.2. The Morgan fingerprint density at radius 2 is 1.45 bits per heavy atom. The second-order valence-electron chi connectivity index (χ2n) is 9.06.